The summed E-state index contributed by atoms with van der Waals surface area (Å²) in [7, 11) is 0. The van der Waals surface area contributed by atoms with Gasteiger partial charge in [-0.1, -0.05) is 23.7 Å². The molecule has 2 rings (SSSR count). The molecule has 0 bridgehead atoms. The SMILES string of the molecule is CCNC(=O)N1CCC1c1ccc(Cl)cc1. The number of hydrogen-bond acceptors (Lipinski definition) is 1. The van der Waals surface area contributed by atoms with E-state index in [1.54, 1.807) is 0 Å². The quantitative estimate of drug-likeness (QED) is 0.844. The number of benzene rings is 1. The van der Waals surface area contributed by atoms with Gasteiger partial charge >= 0.3 is 6.03 Å². The summed E-state index contributed by atoms with van der Waals surface area (Å²) < 4.78 is 0. The third-order valence-corrected chi connectivity index (χ3v) is 3.12. The van der Waals surface area contributed by atoms with Gasteiger partial charge in [0.1, 0.15) is 0 Å². The molecule has 0 aliphatic carbocycles. The van der Waals surface area contributed by atoms with Crippen LogP contribution in [0.2, 0.25) is 5.02 Å². The molecule has 2 amide bonds. The van der Waals surface area contributed by atoms with Gasteiger partial charge in [0.25, 0.3) is 0 Å². The van der Waals surface area contributed by atoms with Crippen molar-refractivity contribution in [1.29, 1.82) is 0 Å². The molecule has 1 aliphatic heterocycles. The van der Waals surface area contributed by atoms with Gasteiger partial charge in [0.2, 0.25) is 0 Å². The van der Waals surface area contributed by atoms with Crippen LogP contribution in [0.1, 0.15) is 24.9 Å². The van der Waals surface area contributed by atoms with Crippen molar-refractivity contribution in [1.82, 2.24) is 10.2 Å². The number of rotatable bonds is 2. The van der Waals surface area contributed by atoms with Crippen LogP contribution in [0.15, 0.2) is 24.3 Å². The van der Waals surface area contributed by atoms with Crippen molar-refractivity contribution < 1.29 is 4.79 Å². The topological polar surface area (TPSA) is 32.3 Å². The lowest BCUT2D eigenvalue weighted by Crippen LogP contribution is -2.49. The first-order chi connectivity index (χ1) is 7.72. The van der Waals surface area contributed by atoms with Gasteiger partial charge in [0.15, 0.2) is 0 Å². The molecule has 1 saturated heterocycles. The fourth-order valence-corrected chi connectivity index (χ4v) is 2.04. The molecule has 1 aromatic carbocycles. The lowest BCUT2D eigenvalue weighted by atomic mass is 9.95. The van der Waals surface area contributed by atoms with Gasteiger partial charge in [-0.25, -0.2) is 4.79 Å². The van der Waals surface area contributed by atoms with Crippen molar-refractivity contribution in [3.8, 4) is 0 Å². The summed E-state index contributed by atoms with van der Waals surface area (Å²) in [5, 5.41) is 3.55. The first-order valence-corrected chi connectivity index (χ1v) is 5.90. The van der Waals surface area contributed by atoms with Crippen LogP contribution in [0.4, 0.5) is 4.79 Å². The van der Waals surface area contributed by atoms with E-state index in [2.05, 4.69) is 5.32 Å². The van der Waals surface area contributed by atoms with Crippen LogP contribution in [-0.4, -0.2) is 24.0 Å². The van der Waals surface area contributed by atoms with Gasteiger partial charge < -0.3 is 10.2 Å². The molecular formula is C12H15ClN2O. The fourth-order valence-electron chi connectivity index (χ4n) is 1.91. The number of carbonyl (C=O) groups is 1. The Balaban J connectivity index is 2.05. The van der Waals surface area contributed by atoms with E-state index >= 15 is 0 Å². The number of hydrogen-bond donors (Lipinski definition) is 1. The van der Waals surface area contributed by atoms with Crippen molar-refractivity contribution in [3.05, 3.63) is 34.9 Å². The minimum atomic E-state index is 0.0219. The molecule has 0 radical (unpaired) electrons. The van der Waals surface area contributed by atoms with Crippen molar-refractivity contribution in [2.24, 2.45) is 0 Å². The highest BCUT2D eigenvalue weighted by molar-refractivity contribution is 6.30. The van der Waals surface area contributed by atoms with Gasteiger partial charge in [-0.2, -0.15) is 0 Å². The standard InChI is InChI=1S/C12H15ClN2O/c1-2-14-12(16)15-8-7-11(15)9-3-5-10(13)6-4-9/h3-6,11H,2,7-8H2,1H3,(H,14,16). The van der Waals surface area contributed by atoms with E-state index in [1.807, 2.05) is 36.1 Å². The van der Waals surface area contributed by atoms with Crippen LogP contribution in [0, 0.1) is 0 Å². The van der Waals surface area contributed by atoms with E-state index in [0.717, 1.165) is 23.6 Å². The number of likely N-dealkylation sites (tertiary alicyclic amines) is 1. The Bertz CT molecular complexity index is 377. The second-order valence-corrected chi connectivity index (χ2v) is 4.32. The highest BCUT2D eigenvalue weighted by Crippen LogP contribution is 2.33. The summed E-state index contributed by atoms with van der Waals surface area (Å²) in [5.41, 5.74) is 1.15. The minimum Gasteiger partial charge on any atom is -0.338 e. The Labute approximate surface area is 100 Å². The maximum Gasteiger partial charge on any atom is 0.317 e. The molecule has 1 aliphatic rings. The van der Waals surface area contributed by atoms with Crippen LogP contribution in [0.5, 0.6) is 0 Å². The van der Waals surface area contributed by atoms with Crippen LogP contribution in [0.3, 0.4) is 0 Å². The van der Waals surface area contributed by atoms with Gasteiger partial charge in [0.05, 0.1) is 6.04 Å². The molecule has 1 fully saturated rings. The van der Waals surface area contributed by atoms with Gasteiger partial charge in [0, 0.05) is 18.1 Å². The zero-order valence-corrected chi connectivity index (χ0v) is 10.00. The average molecular weight is 239 g/mol. The molecule has 0 saturated carbocycles. The van der Waals surface area contributed by atoms with E-state index in [9.17, 15) is 4.79 Å². The first-order valence-electron chi connectivity index (χ1n) is 5.52. The van der Waals surface area contributed by atoms with E-state index in [4.69, 9.17) is 11.6 Å². The molecule has 0 aromatic heterocycles. The average Bonchev–Trinajstić information content (AvgIpc) is 2.20. The summed E-state index contributed by atoms with van der Waals surface area (Å²) in [6.45, 7) is 3.43. The van der Waals surface area contributed by atoms with Crippen molar-refractivity contribution in [3.63, 3.8) is 0 Å². The Hall–Kier alpha value is -1.22. The molecule has 16 heavy (non-hydrogen) atoms. The third-order valence-electron chi connectivity index (χ3n) is 2.86. The highest BCUT2D eigenvalue weighted by atomic mass is 35.5. The molecule has 1 aromatic rings. The normalized spacial score (nSPS) is 19.1. The zero-order valence-electron chi connectivity index (χ0n) is 9.24. The molecule has 1 N–H and O–H groups in total. The Morgan fingerprint density at radius 2 is 2.19 bits per heavy atom. The lowest BCUT2D eigenvalue weighted by Gasteiger charge is -2.41. The second kappa shape index (κ2) is 4.74. The van der Waals surface area contributed by atoms with Crippen LogP contribution < -0.4 is 5.32 Å². The second-order valence-electron chi connectivity index (χ2n) is 3.88. The van der Waals surface area contributed by atoms with Gasteiger partial charge in [-0.15, -0.1) is 0 Å². The van der Waals surface area contributed by atoms with Crippen molar-refractivity contribution in [2.75, 3.05) is 13.1 Å². The third kappa shape index (κ3) is 2.14. The molecule has 1 unspecified atom stereocenters. The molecule has 3 nitrogen and oxygen atoms in total. The van der Waals surface area contributed by atoms with E-state index in [-0.39, 0.29) is 12.1 Å². The highest BCUT2D eigenvalue weighted by Gasteiger charge is 2.32. The number of urea groups is 1. The molecule has 0 spiro atoms. The van der Waals surface area contributed by atoms with Crippen LogP contribution in [0.25, 0.3) is 0 Å². The first kappa shape index (κ1) is 11.3. The number of carbonyl (C=O) groups excluding carboxylic acids is 1. The van der Waals surface area contributed by atoms with E-state index < -0.39 is 0 Å². The van der Waals surface area contributed by atoms with Gasteiger partial charge in [-0.3, -0.25) is 0 Å². The lowest BCUT2D eigenvalue weighted by molar-refractivity contribution is 0.116. The van der Waals surface area contributed by atoms with Crippen LogP contribution >= 0.6 is 11.6 Å². The number of halogens is 1. The van der Waals surface area contributed by atoms with Crippen LogP contribution in [-0.2, 0) is 0 Å². The molecule has 1 heterocycles. The zero-order chi connectivity index (χ0) is 11.5. The predicted molar refractivity (Wildman–Crippen MR) is 64.6 cm³/mol. The molecule has 86 valence electrons. The number of nitrogens with zero attached hydrogens (tertiary/aromatic N) is 1. The summed E-state index contributed by atoms with van der Waals surface area (Å²) >= 11 is 5.83. The molecule has 1 atom stereocenters. The smallest absolute Gasteiger partial charge is 0.317 e. The van der Waals surface area contributed by atoms with E-state index in [0.29, 0.717) is 6.54 Å². The summed E-state index contributed by atoms with van der Waals surface area (Å²) in [6, 6.07) is 7.94. The van der Waals surface area contributed by atoms with E-state index in [1.165, 1.54) is 0 Å². The van der Waals surface area contributed by atoms with Gasteiger partial charge in [-0.05, 0) is 31.0 Å². The Morgan fingerprint density at radius 3 is 2.69 bits per heavy atom. The maximum absolute atomic E-state index is 11.7. The summed E-state index contributed by atoms with van der Waals surface area (Å²) in [5.74, 6) is 0. The number of nitrogens with one attached hydrogen (secondary N) is 1. The fraction of sp³-hybridized carbons (Fsp3) is 0.417. The summed E-state index contributed by atoms with van der Waals surface area (Å²) in [6.07, 6.45) is 1.03. The Morgan fingerprint density at radius 1 is 1.50 bits per heavy atom. The maximum atomic E-state index is 11.7. The summed E-state index contributed by atoms with van der Waals surface area (Å²) in [4.78, 5) is 13.5. The monoisotopic (exact) mass is 238 g/mol. The van der Waals surface area contributed by atoms with Crippen molar-refractivity contribution >= 4 is 17.6 Å². The predicted octanol–water partition coefficient (Wildman–Crippen LogP) is 2.82. The Kier molecular flexibility index (Phi) is 3.34. The minimum absolute atomic E-state index is 0.0219. The largest absolute Gasteiger partial charge is 0.338 e. The molecular weight excluding hydrogens is 224 g/mol. The van der Waals surface area contributed by atoms with Crippen molar-refractivity contribution in [2.45, 2.75) is 19.4 Å². The number of amides is 2. The molecule has 4 heteroatoms.